The number of benzene rings is 1. The molecule has 0 unspecified atom stereocenters. The van der Waals surface area contributed by atoms with E-state index >= 15 is 0 Å². The quantitative estimate of drug-likeness (QED) is 0.799. The van der Waals surface area contributed by atoms with Gasteiger partial charge in [-0.1, -0.05) is 28.1 Å². The van der Waals surface area contributed by atoms with Crippen molar-refractivity contribution in [1.29, 1.82) is 0 Å². The summed E-state index contributed by atoms with van der Waals surface area (Å²) in [5.41, 5.74) is 0.957. The fourth-order valence-corrected chi connectivity index (χ4v) is 2.09. The average Bonchev–Trinajstić information content (AvgIpc) is 2.00. The topological polar surface area (TPSA) is 34.1 Å². The maximum atomic E-state index is 10.6. The van der Waals surface area contributed by atoms with Crippen LogP contribution in [-0.4, -0.2) is 14.2 Å². The molecule has 0 aromatic heterocycles. The first-order valence-electron chi connectivity index (χ1n) is 3.64. The molecular weight excluding hydrogens is 276 g/mol. The molecule has 0 aliphatic carbocycles. The van der Waals surface area contributed by atoms with Gasteiger partial charge in [0.25, 0.3) is 0 Å². The second kappa shape index (κ2) is 4.44. The van der Waals surface area contributed by atoms with E-state index in [1.165, 1.54) is 0 Å². The Morgan fingerprint density at radius 2 is 2.08 bits per heavy atom. The van der Waals surface area contributed by atoms with Gasteiger partial charge in [-0.25, -0.2) is 8.42 Å². The molecule has 0 spiro atoms. The Balaban J connectivity index is 2.65. The van der Waals surface area contributed by atoms with Gasteiger partial charge in [-0.3, -0.25) is 0 Å². The first-order valence-corrected chi connectivity index (χ1v) is 6.91. The predicted molar refractivity (Wildman–Crippen MR) is 57.5 cm³/mol. The SMILES string of the molecule is O=S(=O)(Cl)CCc1cccc(Br)c1. The summed E-state index contributed by atoms with van der Waals surface area (Å²) in [6, 6.07) is 7.49. The third-order valence-electron chi connectivity index (χ3n) is 1.52. The van der Waals surface area contributed by atoms with Crippen LogP contribution in [-0.2, 0) is 15.5 Å². The van der Waals surface area contributed by atoms with E-state index in [0.717, 1.165) is 10.0 Å². The van der Waals surface area contributed by atoms with E-state index in [0.29, 0.717) is 6.42 Å². The summed E-state index contributed by atoms with van der Waals surface area (Å²) in [7, 11) is 1.71. The molecule has 0 amide bonds. The second-order valence-corrected chi connectivity index (χ2v) is 6.44. The van der Waals surface area contributed by atoms with Crippen molar-refractivity contribution in [3.05, 3.63) is 34.3 Å². The molecule has 2 nitrogen and oxygen atoms in total. The summed E-state index contributed by atoms with van der Waals surface area (Å²) in [6.07, 6.45) is 0.450. The predicted octanol–water partition coefficient (Wildman–Crippen LogP) is 2.56. The van der Waals surface area contributed by atoms with Gasteiger partial charge in [-0.05, 0) is 24.1 Å². The summed E-state index contributed by atoms with van der Waals surface area (Å²) < 4.78 is 22.2. The molecule has 0 heterocycles. The van der Waals surface area contributed by atoms with E-state index in [1.54, 1.807) is 0 Å². The van der Waals surface area contributed by atoms with Crippen molar-refractivity contribution >= 4 is 35.7 Å². The molecule has 72 valence electrons. The van der Waals surface area contributed by atoms with Crippen LogP contribution < -0.4 is 0 Å². The smallest absolute Gasteiger partial charge is 0.212 e. The van der Waals surface area contributed by atoms with Gasteiger partial charge >= 0.3 is 0 Å². The summed E-state index contributed by atoms with van der Waals surface area (Å²) >= 11 is 3.30. The number of hydrogen-bond acceptors (Lipinski definition) is 2. The van der Waals surface area contributed by atoms with Gasteiger partial charge in [0.1, 0.15) is 0 Å². The molecule has 0 saturated heterocycles. The fourth-order valence-electron chi connectivity index (χ4n) is 0.932. The van der Waals surface area contributed by atoms with Crippen LogP contribution in [0.4, 0.5) is 0 Å². The largest absolute Gasteiger partial charge is 0.232 e. The van der Waals surface area contributed by atoms with Crippen molar-refractivity contribution in [1.82, 2.24) is 0 Å². The van der Waals surface area contributed by atoms with Gasteiger partial charge in [0, 0.05) is 15.2 Å². The normalized spacial score (nSPS) is 11.5. The van der Waals surface area contributed by atoms with Crippen molar-refractivity contribution in [2.24, 2.45) is 0 Å². The minimum atomic E-state index is -3.38. The third kappa shape index (κ3) is 4.64. The van der Waals surface area contributed by atoms with E-state index < -0.39 is 9.05 Å². The van der Waals surface area contributed by atoms with E-state index in [1.807, 2.05) is 24.3 Å². The fraction of sp³-hybridized carbons (Fsp3) is 0.250. The van der Waals surface area contributed by atoms with Crippen LogP contribution in [0.25, 0.3) is 0 Å². The highest BCUT2D eigenvalue weighted by Crippen LogP contribution is 2.13. The summed E-state index contributed by atoms with van der Waals surface area (Å²) in [4.78, 5) is 0. The Labute approximate surface area is 90.5 Å². The Bertz CT molecular complexity index is 389. The van der Waals surface area contributed by atoms with Crippen LogP contribution in [0.2, 0.25) is 0 Å². The van der Waals surface area contributed by atoms with Crippen LogP contribution in [0.15, 0.2) is 28.7 Å². The zero-order valence-corrected chi connectivity index (χ0v) is 9.86. The number of hydrogen-bond donors (Lipinski definition) is 0. The second-order valence-electron chi connectivity index (χ2n) is 2.62. The van der Waals surface area contributed by atoms with Crippen LogP contribution in [0.5, 0.6) is 0 Å². The van der Waals surface area contributed by atoms with Gasteiger partial charge in [-0.2, -0.15) is 0 Å². The molecule has 1 rings (SSSR count). The van der Waals surface area contributed by atoms with Crippen molar-refractivity contribution in [3.63, 3.8) is 0 Å². The van der Waals surface area contributed by atoms with E-state index in [4.69, 9.17) is 10.7 Å². The lowest BCUT2D eigenvalue weighted by molar-refractivity contribution is 0.609. The lowest BCUT2D eigenvalue weighted by Crippen LogP contribution is -2.00. The minimum Gasteiger partial charge on any atom is -0.212 e. The Morgan fingerprint density at radius 1 is 1.38 bits per heavy atom. The molecule has 13 heavy (non-hydrogen) atoms. The maximum Gasteiger partial charge on any atom is 0.232 e. The molecule has 1 aromatic rings. The van der Waals surface area contributed by atoms with Gasteiger partial charge in [0.2, 0.25) is 9.05 Å². The van der Waals surface area contributed by atoms with Crippen LogP contribution in [0, 0.1) is 0 Å². The molecule has 0 aliphatic heterocycles. The average molecular weight is 284 g/mol. The molecule has 0 atom stereocenters. The summed E-state index contributed by atoms with van der Waals surface area (Å²) in [6.45, 7) is 0. The highest BCUT2D eigenvalue weighted by molar-refractivity contribution is 9.10. The molecule has 5 heteroatoms. The third-order valence-corrected chi connectivity index (χ3v) is 3.17. The molecule has 1 aromatic carbocycles. The van der Waals surface area contributed by atoms with Crippen LogP contribution >= 0.6 is 26.6 Å². The van der Waals surface area contributed by atoms with Crippen LogP contribution in [0.3, 0.4) is 0 Å². The van der Waals surface area contributed by atoms with E-state index in [2.05, 4.69) is 15.9 Å². The van der Waals surface area contributed by atoms with Gasteiger partial charge in [0.15, 0.2) is 0 Å². The maximum absolute atomic E-state index is 10.6. The Kier molecular flexibility index (Phi) is 3.76. The summed E-state index contributed by atoms with van der Waals surface area (Å²) in [5.74, 6) is -0.0228. The monoisotopic (exact) mass is 282 g/mol. The van der Waals surface area contributed by atoms with Crippen molar-refractivity contribution in [3.8, 4) is 0 Å². The molecule has 0 N–H and O–H groups in total. The molecular formula is C8H8BrClO2S. The van der Waals surface area contributed by atoms with Gasteiger partial charge < -0.3 is 0 Å². The van der Waals surface area contributed by atoms with Crippen LogP contribution in [0.1, 0.15) is 5.56 Å². The highest BCUT2D eigenvalue weighted by atomic mass is 79.9. The standard InChI is InChI=1S/C8H8BrClO2S/c9-8-3-1-2-7(6-8)4-5-13(10,11)12/h1-3,6H,4-5H2. The molecule has 0 radical (unpaired) electrons. The molecule has 0 fully saturated rings. The van der Waals surface area contributed by atoms with Gasteiger partial charge in [-0.15, -0.1) is 0 Å². The van der Waals surface area contributed by atoms with Gasteiger partial charge in [0.05, 0.1) is 5.75 Å². The van der Waals surface area contributed by atoms with E-state index in [-0.39, 0.29) is 5.75 Å². The lowest BCUT2D eigenvalue weighted by atomic mass is 10.2. The summed E-state index contributed by atoms with van der Waals surface area (Å²) in [5, 5.41) is 0. The Morgan fingerprint density at radius 3 is 2.62 bits per heavy atom. The molecule has 0 aliphatic rings. The minimum absolute atomic E-state index is 0.0228. The van der Waals surface area contributed by atoms with Crippen molar-refractivity contribution in [2.45, 2.75) is 6.42 Å². The van der Waals surface area contributed by atoms with Crippen molar-refractivity contribution < 1.29 is 8.42 Å². The molecule has 0 saturated carbocycles. The lowest BCUT2D eigenvalue weighted by Gasteiger charge is -1.99. The Hall–Kier alpha value is -0.0600. The number of aryl methyl sites for hydroxylation is 1. The highest BCUT2D eigenvalue weighted by Gasteiger charge is 2.05. The number of halogens is 2. The van der Waals surface area contributed by atoms with E-state index in [9.17, 15) is 8.42 Å². The number of rotatable bonds is 3. The zero-order chi connectivity index (χ0) is 9.90. The zero-order valence-electron chi connectivity index (χ0n) is 6.70. The first kappa shape index (κ1) is 11.0. The molecule has 0 bridgehead atoms. The van der Waals surface area contributed by atoms with Crippen molar-refractivity contribution in [2.75, 3.05) is 5.75 Å². The first-order chi connectivity index (χ1) is 5.97.